The molecular weight excluding hydrogens is 474 g/mol. The zero-order valence-electron chi connectivity index (χ0n) is 20.5. The average molecular weight is 502 g/mol. The molecule has 1 atom stereocenters. The molecule has 3 aromatic rings. The Balaban J connectivity index is 1.38. The third-order valence-corrected chi connectivity index (χ3v) is 6.56. The summed E-state index contributed by atoms with van der Waals surface area (Å²) in [7, 11) is 0. The largest absolute Gasteiger partial charge is 0.466 e. The topological polar surface area (TPSA) is 127 Å². The molecule has 1 amide bonds. The molecule has 2 aliphatic heterocycles. The molecule has 0 aliphatic carbocycles. The van der Waals surface area contributed by atoms with Gasteiger partial charge in [-0.2, -0.15) is 5.26 Å². The molecule has 2 aromatic carbocycles. The maximum Gasteiger partial charge on any atom is 0.309 e. The number of carbonyl (C=O) groups excluding carboxylic acids is 2. The Kier molecular flexibility index (Phi) is 7.03. The van der Waals surface area contributed by atoms with Crippen LogP contribution in [-0.4, -0.2) is 48.3 Å². The van der Waals surface area contributed by atoms with Crippen LogP contribution in [0.3, 0.4) is 0 Å². The van der Waals surface area contributed by atoms with E-state index in [1.54, 1.807) is 19.1 Å². The Morgan fingerprint density at radius 2 is 1.86 bits per heavy atom. The number of nitrogens with one attached hydrogen (secondary N) is 1. The van der Waals surface area contributed by atoms with Gasteiger partial charge in [-0.25, -0.2) is 9.97 Å². The van der Waals surface area contributed by atoms with Crippen LogP contribution in [0.25, 0.3) is 11.0 Å². The van der Waals surface area contributed by atoms with Crippen LogP contribution in [0.2, 0.25) is 0 Å². The molecule has 1 aromatic heterocycles. The van der Waals surface area contributed by atoms with Gasteiger partial charge in [-0.3, -0.25) is 9.59 Å². The Morgan fingerprint density at radius 1 is 1.14 bits per heavy atom. The fourth-order valence-electron chi connectivity index (χ4n) is 4.60. The Hall–Kier alpha value is -4.39. The summed E-state index contributed by atoms with van der Waals surface area (Å²) in [6.45, 7) is 3.62. The van der Waals surface area contributed by atoms with Crippen molar-refractivity contribution < 1.29 is 23.8 Å². The highest BCUT2D eigenvalue weighted by atomic mass is 16.7. The molecule has 37 heavy (non-hydrogen) atoms. The SMILES string of the molecule is CCOC(=O)C1CCN(c2nc3ccccc3nc2[C@@H](C#N)C(=O)NCc2ccc3c(c2)OCO3)CC1. The minimum absolute atomic E-state index is 0.169. The molecule has 1 saturated heterocycles. The van der Waals surface area contributed by atoms with E-state index in [4.69, 9.17) is 24.2 Å². The van der Waals surface area contributed by atoms with Gasteiger partial charge in [0.25, 0.3) is 0 Å². The molecule has 0 saturated carbocycles. The van der Waals surface area contributed by atoms with Gasteiger partial charge >= 0.3 is 5.97 Å². The molecule has 5 rings (SSSR count). The second-order valence-corrected chi connectivity index (χ2v) is 8.90. The lowest BCUT2D eigenvalue weighted by Crippen LogP contribution is -2.39. The summed E-state index contributed by atoms with van der Waals surface area (Å²) in [5.41, 5.74) is 2.40. The molecular formula is C27H27N5O5. The molecule has 0 unspecified atom stereocenters. The highest BCUT2D eigenvalue weighted by Crippen LogP contribution is 2.33. The van der Waals surface area contributed by atoms with E-state index >= 15 is 0 Å². The first-order chi connectivity index (χ1) is 18.1. The van der Waals surface area contributed by atoms with Gasteiger partial charge in [0.1, 0.15) is 5.69 Å². The number of hydrogen-bond donors (Lipinski definition) is 1. The van der Waals surface area contributed by atoms with Gasteiger partial charge in [0.15, 0.2) is 23.2 Å². The van der Waals surface area contributed by atoms with Gasteiger partial charge in [0.05, 0.1) is 29.6 Å². The first-order valence-corrected chi connectivity index (χ1v) is 12.3. The van der Waals surface area contributed by atoms with E-state index in [1.807, 2.05) is 35.2 Å². The van der Waals surface area contributed by atoms with Crippen LogP contribution in [0.15, 0.2) is 42.5 Å². The van der Waals surface area contributed by atoms with E-state index in [0.717, 1.165) is 5.56 Å². The number of hydrogen-bond acceptors (Lipinski definition) is 9. The molecule has 10 heteroatoms. The number of amides is 1. The van der Waals surface area contributed by atoms with Crippen LogP contribution in [-0.2, 0) is 20.9 Å². The van der Waals surface area contributed by atoms with Gasteiger partial charge in [-0.15, -0.1) is 0 Å². The van der Waals surface area contributed by atoms with Crippen LogP contribution in [0, 0.1) is 17.2 Å². The zero-order chi connectivity index (χ0) is 25.8. The number of carbonyl (C=O) groups is 2. The van der Waals surface area contributed by atoms with E-state index in [9.17, 15) is 14.9 Å². The van der Waals surface area contributed by atoms with Crippen molar-refractivity contribution in [1.82, 2.24) is 15.3 Å². The number of rotatable bonds is 7. The van der Waals surface area contributed by atoms with Crippen LogP contribution in [0.5, 0.6) is 11.5 Å². The number of ether oxygens (including phenoxy) is 3. The molecule has 0 radical (unpaired) electrons. The smallest absolute Gasteiger partial charge is 0.309 e. The predicted octanol–water partition coefficient (Wildman–Crippen LogP) is 3.06. The first-order valence-electron chi connectivity index (χ1n) is 12.3. The molecule has 1 N–H and O–H groups in total. The van der Waals surface area contributed by atoms with Gasteiger partial charge in [-0.1, -0.05) is 18.2 Å². The van der Waals surface area contributed by atoms with Gasteiger partial charge in [0.2, 0.25) is 12.7 Å². The van der Waals surface area contributed by atoms with Gasteiger partial charge in [0, 0.05) is 19.6 Å². The molecule has 0 spiro atoms. The van der Waals surface area contributed by atoms with Gasteiger partial charge in [-0.05, 0) is 49.6 Å². The lowest BCUT2D eigenvalue weighted by Gasteiger charge is -2.33. The standard InChI is InChI=1S/C27H27N5O5/c1-2-35-27(34)18-9-11-32(12-10-18)25-24(30-20-5-3-4-6-21(20)31-25)19(14-28)26(33)29-15-17-7-8-22-23(13-17)37-16-36-22/h3-8,13,18-19H,2,9-12,15-16H2,1H3,(H,29,33)/t19-/m1/s1. The van der Waals surface area contributed by atoms with Crippen molar-refractivity contribution in [1.29, 1.82) is 5.26 Å². The Bertz CT molecular complexity index is 1360. The summed E-state index contributed by atoms with van der Waals surface area (Å²) >= 11 is 0. The van der Waals surface area contributed by atoms with Crippen LogP contribution >= 0.6 is 0 Å². The fraction of sp³-hybridized carbons (Fsp3) is 0.370. The third kappa shape index (κ3) is 5.11. The fourth-order valence-corrected chi connectivity index (χ4v) is 4.60. The van der Waals surface area contributed by atoms with E-state index in [2.05, 4.69) is 11.4 Å². The minimum Gasteiger partial charge on any atom is -0.466 e. The Labute approximate surface area is 214 Å². The summed E-state index contributed by atoms with van der Waals surface area (Å²) in [4.78, 5) is 36.9. The summed E-state index contributed by atoms with van der Waals surface area (Å²) in [5, 5.41) is 12.9. The van der Waals surface area contributed by atoms with Crippen molar-refractivity contribution >= 4 is 28.7 Å². The highest BCUT2D eigenvalue weighted by molar-refractivity contribution is 5.89. The number of nitriles is 1. The Morgan fingerprint density at radius 3 is 2.59 bits per heavy atom. The number of benzene rings is 2. The average Bonchev–Trinajstić information content (AvgIpc) is 3.40. The third-order valence-electron chi connectivity index (χ3n) is 6.56. The maximum absolute atomic E-state index is 13.2. The molecule has 0 bridgehead atoms. The van der Waals surface area contributed by atoms with Crippen LogP contribution < -0.4 is 19.7 Å². The quantitative estimate of drug-likeness (QED) is 0.486. The summed E-state index contributed by atoms with van der Waals surface area (Å²) < 4.78 is 15.9. The van der Waals surface area contributed by atoms with E-state index in [-0.39, 0.29) is 25.2 Å². The highest BCUT2D eigenvalue weighted by Gasteiger charge is 2.32. The first kappa shape index (κ1) is 24.3. The number of aromatic nitrogens is 2. The van der Waals surface area contributed by atoms with Crippen molar-refractivity contribution in [2.45, 2.75) is 32.2 Å². The molecule has 2 aliphatic rings. The second-order valence-electron chi connectivity index (χ2n) is 8.90. The van der Waals surface area contributed by atoms with Gasteiger partial charge < -0.3 is 24.4 Å². The molecule has 10 nitrogen and oxygen atoms in total. The van der Waals surface area contributed by atoms with E-state index in [1.165, 1.54) is 0 Å². The second kappa shape index (κ2) is 10.7. The number of anilines is 1. The summed E-state index contributed by atoms with van der Waals surface area (Å²) in [5.74, 6) is -0.220. The van der Waals surface area contributed by atoms with Crippen molar-refractivity contribution in [3.63, 3.8) is 0 Å². The lowest BCUT2D eigenvalue weighted by atomic mass is 9.96. The summed E-state index contributed by atoms with van der Waals surface area (Å²) in [6, 6.07) is 14.9. The lowest BCUT2D eigenvalue weighted by molar-refractivity contribution is -0.148. The van der Waals surface area contributed by atoms with Crippen LogP contribution in [0.1, 0.15) is 36.9 Å². The van der Waals surface area contributed by atoms with E-state index in [0.29, 0.717) is 66.6 Å². The number of fused-ring (bicyclic) bond motifs is 2. The van der Waals surface area contributed by atoms with Crippen molar-refractivity contribution in [3.05, 3.63) is 53.7 Å². The molecule has 3 heterocycles. The molecule has 190 valence electrons. The zero-order valence-corrected chi connectivity index (χ0v) is 20.5. The number of para-hydroxylation sites is 2. The number of esters is 1. The number of piperidine rings is 1. The molecule has 1 fully saturated rings. The maximum atomic E-state index is 13.2. The minimum atomic E-state index is -1.16. The van der Waals surface area contributed by atoms with Crippen LogP contribution in [0.4, 0.5) is 5.82 Å². The van der Waals surface area contributed by atoms with Crippen molar-refractivity contribution in [2.75, 3.05) is 31.4 Å². The van der Waals surface area contributed by atoms with E-state index < -0.39 is 11.8 Å². The monoisotopic (exact) mass is 501 g/mol. The van der Waals surface area contributed by atoms with Crippen molar-refractivity contribution in [2.24, 2.45) is 5.92 Å². The summed E-state index contributed by atoms with van der Waals surface area (Å²) in [6.07, 6.45) is 1.20. The predicted molar refractivity (Wildman–Crippen MR) is 134 cm³/mol. The normalized spacial score (nSPS) is 15.7. The van der Waals surface area contributed by atoms with Crippen molar-refractivity contribution in [3.8, 4) is 17.6 Å². The number of nitrogens with zero attached hydrogens (tertiary/aromatic N) is 4.